The zero-order valence-corrected chi connectivity index (χ0v) is 10.8. The maximum Gasteiger partial charge on any atom is 0.266 e. The quantitative estimate of drug-likeness (QED) is 0.818. The van der Waals surface area contributed by atoms with Gasteiger partial charge in [-0.25, -0.2) is 22.5 Å². The average Bonchev–Trinajstić information content (AvgIpc) is 3.22. The Hall–Kier alpha value is -1.63. The first-order chi connectivity index (χ1) is 8.98. The summed E-state index contributed by atoms with van der Waals surface area (Å²) in [7, 11) is -3.73. The average molecular weight is 281 g/mol. The molecule has 19 heavy (non-hydrogen) atoms. The number of anilines is 1. The summed E-state index contributed by atoms with van der Waals surface area (Å²) in [5.74, 6) is -0.335. The predicted octanol–water partition coefficient (Wildman–Crippen LogP) is 1.44. The fraction of sp³-hybridized carbons (Fsp3) is 0.417. The van der Waals surface area contributed by atoms with Crippen LogP contribution >= 0.6 is 0 Å². The Bertz CT molecular complexity index is 710. The molecule has 7 heteroatoms. The Labute approximate surface area is 110 Å². The van der Waals surface area contributed by atoms with Gasteiger partial charge in [0.15, 0.2) is 0 Å². The van der Waals surface area contributed by atoms with E-state index in [0.29, 0.717) is 11.1 Å². The molecule has 0 bridgehead atoms. The highest BCUT2D eigenvalue weighted by atomic mass is 32.2. The summed E-state index contributed by atoms with van der Waals surface area (Å²) in [6.45, 7) is 0. The van der Waals surface area contributed by atoms with Crippen molar-refractivity contribution in [3.8, 4) is 0 Å². The Morgan fingerprint density at radius 3 is 2.84 bits per heavy atom. The second-order valence-electron chi connectivity index (χ2n) is 5.43. The van der Waals surface area contributed by atoms with E-state index < -0.39 is 15.8 Å². The first kappa shape index (κ1) is 11.2. The molecule has 1 aromatic carbocycles. The van der Waals surface area contributed by atoms with Crippen molar-refractivity contribution in [1.29, 1.82) is 0 Å². The van der Waals surface area contributed by atoms with Gasteiger partial charge in [0.2, 0.25) is 5.96 Å². The molecule has 2 saturated carbocycles. The van der Waals surface area contributed by atoms with Crippen molar-refractivity contribution in [2.75, 3.05) is 5.32 Å². The third-order valence-electron chi connectivity index (χ3n) is 4.04. The number of benzene rings is 1. The van der Waals surface area contributed by atoms with Gasteiger partial charge in [0, 0.05) is 0 Å². The number of sulfonamides is 1. The maximum atomic E-state index is 13.1. The summed E-state index contributed by atoms with van der Waals surface area (Å²) in [4.78, 5) is 4.32. The van der Waals surface area contributed by atoms with Gasteiger partial charge >= 0.3 is 0 Å². The number of aliphatic imine (C=N–C) groups is 1. The first-order valence-corrected chi connectivity index (χ1v) is 7.64. The smallest absolute Gasteiger partial charge is 0.266 e. The molecule has 3 aliphatic rings. The highest BCUT2D eigenvalue weighted by Crippen LogP contribution is 2.67. The lowest BCUT2D eigenvalue weighted by molar-refractivity contribution is 0.586. The molecule has 1 atom stereocenters. The van der Waals surface area contributed by atoms with E-state index in [1.54, 1.807) is 0 Å². The van der Waals surface area contributed by atoms with Crippen molar-refractivity contribution in [3.63, 3.8) is 0 Å². The summed E-state index contributed by atoms with van der Waals surface area (Å²) in [5.41, 5.74) is 0.729. The first-order valence-electron chi connectivity index (χ1n) is 6.16. The number of nitrogens with one attached hydrogen (secondary N) is 2. The highest BCUT2D eigenvalue weighted by Gasteiger charge is 2.63. The van der Waals surface area contributed by atoms with Crippen molar-refractivity contribution >= 4 is 21.7 Å². The van der Waals surface area contributed by atoms with Gasteiger partial charge in [-0.3, -0.25) is 0 Å². The van der Waals surface area contributed by atoms with Crippen LogP contribution in [0.2, 0.25) is 0 Å². The Balaban J connectivity index is 1.71. The molecule has 1 aliphatic heterocycles. The van der Waals surface area contributed by atoms with E-state index in [2.05, 4.69) is 15.0 Å². The van der Waals surface area contributed by atoms with Crippen LogP contribution < -0.4 is 10.0 Å². The van der Waals surface area contributed by atoms with Gasteiger partial charge in [-0.15, -0.1) is 0 Å². The normalized spacial score (nSPS) is 30.4. The van der Waals surface area contributed by atoms with Gasteiger partial charge in [0.05, 0.1) is 11.7 Å². The zero-order valence-electron chi connectivity index (χ0n) is 9.98. The van der Waals surface area contributed by atoms with E-state index in [-0.39, 0.29) is 16.9 Å². The van der Waals surface area contributed by atoms with Crippen LogP contribution in [-0.4, -0.2) is 20.4 Å². The molecular formula is C12H12FN3O2S. The second kappa shape index (κ2) is 3.27. The van der Waals surface area contributed by atoms with Crippen LogP contribution in [-0.2, 0) is 10.0 Å². The number of nitrogens with zero attached hydrogens (tertiary/aromatic N) is 1. The third-order valence-corrected chi connectivity index (χ3v) is 5.42. The molecule has 0 amide bonds. The minimum absolute atomic E-state index is 0.0802. The Morgan fingerprint density at radius 1 is 1.37 bits per heavy atom. The number of rotatable bonds is 1. The zero-order chi connectivity index (χ0) is 13.3. The fourth-order valence-corrected chi connectivity index (χ4v) is 3.72. The Morgan fingerprint density at radius 2 is 2.16 bits per heavy atom. The van der Waals surface area contributed by atoms with Crippen molar-refractivity contribution < 1.29 is 12.8 Å². The SMILES string of the molecule is O=S1(=O)NC(=N[C@@H]2CC23CC3)Nc2ccc(F)cc21. The topological polar surface area (TPSA) is 70.6 Å². The van der Waals surface area contributed by atoms with Gasteiger partial charge in [0.1, 0.15) is 10.7 Å². The number of halogens is 1. The standard InChI is InChI=1S/C12H12FN3O2S/c13-7-1-2-8-9(5-7)19(17,18)16-11(14-8)15-10-6-12(10)3-4-12/h1-2,5,10H,3-4,6H2,(H2,14,15,16)/t10-/m1/s1. The molecular weight excluding hydrogens is 269 g/mol. The number of hydrogen-bond donors (Lipinski definition) is 2. The molecule has 1 heterocycles. The molecule has 1 aromatic rings. The van der Waals surface area contributed by atoms with Crippen LogP contribution in [0.25, 0.3) is 0 Å². The molecule has 100 valence electrons. The van der Waals surface area contributed by atoms with Gasteiger partial charge in [-0.1, -0.05) is 0 Å². The van der Waals surface area contributed by atoms with E-state index in [1.807, 2.05) is 0 Å². The van der Waals surface area contributed by atoms with Crippen molar-refractivity contribution in [1.82, 2.24) is 4.72 Å². The third kappa shape index (κ3) is 1.72. The van der Waals surface area contributed by atoms with E-state index in [4.69, 9.17) is 0 Å². The molecule has 0 unspecified atom stereocenters. The summed E-state index contributed by atoms with van der Waals surface area (Å²) >= 11 is 0. The van der Waals surface area contributed by atoms with Crippen molar-refractivity contribution in [2.45, 2.75) is 30.2 Å². The van der Waals surface area contributed by atoms with E-state index in [0.717, 1.165) is 12.5 Å². The van der Waals surface area contributed by atoms with Crippen LogP contribution in [0.5, 0.6) is 0 Å². The maximum absolute atomic E-state index is 13.1. The minimum atomic E-state index is -3.73. The summed E-state index contributed by atoms with van der Waals surface area (Å²) in [5, 5.41) is 2.91. The monoisotopic (exact) mass is 281 g/mol. The summed E-state index contributed by atoms with van der Waals surface area (Å²) < 4.78 is 39.5. The Kier molecular flexibility index (Phi) is 1.93. The van der Waals surface area contributed by atoms with Crippen LogP contribution in [0.4, 0.5) is 10.1 Å². The van der Waals surface area contributed by atoms with Crippen LogP contribution in [0.1, 0.15) is 19.3 Å². The molecule has 4 rings (SSSR count). The summed E-state index contributed by atoms with van der Waals surface area (Å²) in [6, 6.07) is 3.86. The molecule has 2 fully saturated rings. The van der Waals surface area contributed by atoms with Gasteiger partial charge in [-0.2, -0.15) is 0 Å². The van der Waals surface area contributed by atoms with E-state index >= 15 is 0 Å². The lowest BCUT2D eigenvalue weighted by Gasteiger charge is -2.21. The number of fused-ring (bicyclic) bond motifs is 1. The van der Waals surface area contributed by atoms with Gasteiger partial charge < -0.3 is 5.32 Å². The summed E-state index contributed by atoms with van der Waals surface area (Å²) in [6.07, 6.45) is 3.40. The fourth-order valence-electron chi connectivity index (χ4n) is 2.58. The molecule has 0 radical (unpaired) electrons. The predicted molar refractivity (Wildman–Crippen MR) is 67.9 cm³/mol. The molecule has 2 N–H and O–H groups in total. The molecule has 0 saturated heterocycles. The van der Waals surface area contributed by atoms with E-state index in [9.17, 15) is 12.8 Å². The van der Waals surface area contributed by atoms with Gasteiger partial charge in [-0.05, 0) is 42.9 Å². The van der Waals surface area contributed by atoms with Crippen LogP contribution in [0.15, 0.2) is 28.1 Å². The van der Waals surface area contributed by atoms with Crippen molar-refractivity contribution in [2.24, 2.45) is 10.4 Å². The molecule has 1 spiro atoms. The van der Waals surface area contributed by atoms with Crippen LogP contribution in [0, 0.1) is 11.2 Å². The highest BCUT2D eigenvalue weighted by molar-refractivity contribution is 7.90. The second-order valence-corrected chi connectivity index (χ2v) is 7.08. The lowest BCUT2D eigenvalue weighted by Crippen LogP contribution is -2.41. The number of guanidine groups is 1. The lowest BCUT2D eigenvalue weighted by atomic mass is 10.3. The molecule has 0 aromatic heterocycles. The largest absolute Gasteiger partial charge is 0.324 e. The van der Waals surface area contributed by atoms with Crippen LogP contribution in [0.3, 0.4) is 0 Å². The van der Waals surface area contributed by atoms with Gasteiger partial charge in [0.25, 0.3) is 10.0 Å². The van der Waals surface area contributed by atoms with E-state index in [1.165, 1.54) is 25.0 Å². The van der Waals surface area contributed by atoms with Crippen molar-refractivity contribution in [3.05, 3.63) is 24.0 Å². The molecule has 2 aliphatic carbocycles. The minimum Gasteiger partial charge on any atom is -0.324 e. The number of hydrogen-bond acceptors (Lipinski definition) is 3. The molecule has 5 nitrogen and oxygen atoms in total.